The summed E-state index contributed by atoms with van der Waals surface area (Å²) in [5.74, 6) is 5.95. The molecule has 2 aromatic carbocycles. The lowest BCUT2D eigenvalue weighted by molar-refractivity contribution is -0.140. The number of aromatic nitrogens is 1. The van der Waals surface area contributed by atoms with E-state index in [1.165, 1.54) is 25.3 Å². The third-order valence-corrected chi connectivity index (χ3v) is 7.70. The first-order valence-electron chi connectivity index (χ1n) is 13.1. The van der Waals surface area contributed by atoms with Crippen LogP contribution in [-0.2, 0) is 17.6 Å². The average Bonchev–Trinajstić information content (AvgIpc) is 3.23. The Morgan fingerprint density at radius 3 is 2.54 bits per heavy atom. The van der Waals surface area contributed by atoms with Crippen LogP contribution in [0.1, 0.15) is 32.9 Å². The first kappa shape index (κ1) is 30.7. The molecule has 4 rings (SSSR count). The third kappa shape index (κ3) is 7.52. The van der Waals surface area contributed by atoms with Crippen LogP contribution in [-0.4, -0.2) is 68.9 Å². The summed E-state index contributed by atoms with van der Waals surface area (Å²) in [7, 11) is 1.39. The Bertz CT molecular complexity index is 1470. The number of nitrogens with one attached hydrogen (secondary N) is 2. The van der Waals surface area contributed by atoms with Gasteiger partial charge in [0.05, 0.1) is 36.6 Å². The van der Waals surface area contributed by atoms with Crippen molar-refractivity contribution >= 4 is 33.4 Å². The number of nitrogens with zero attached hydrogens (tertiary/aromatic N) is 2. The Hall–Kier alpha value is -3.27. The van der Waals surface area contributed by atoms with E-state index < -0.39 is 36.0 Å². The van der Waals surface area contributed by atoms with Crippen LogP contribution in [0.3, 0.4) is 0 Å². The summed E-state index contributed by atoms with van der Waals surface area (Å²) in [6.45, 7) is 5.94. The van der Waals surface area contributed by atoms with Gasteiger partial charge in [-0.05, 0) is 80.6 Å². The largest absolute Gasteiger partial charge is 0.768 e. The highest BCUT2D eigenvalue weighted by Gasteiger charge is 2.34. The molecule has 0 spiro atoms. The minimum atomic E-state index is -4.48. The van der Waals surface area contributed by atoms with Crippen molar-refractivity contribution in [3.8, 4) is 17.6 Å². The molecule has 1 unspecified atom stereocenters. The number of halogens is 4. The van der Waals surface area contributed by atoms with Crippen molar-refractivity contribution in [1.82, 2.24) is 9.47 Å². The van der Waals surface area contributed by atoms with E-state index >= 15 is 4.39 Å². The predicted molar refractivity (Wildman–Crippen MR) is 152 cm³/mol. The fourth-order valence-electron chi connectivity index (χ4n) is 4.94. The summed E-state index contributed by atoms with van der Waals surface area (Å²) in [6, 6.07) is 10.4. The summed E-state index contributed by atoms with van der Waals surface area (Å²) >= 11 is -2.42. The Balaban J connectivity index is 1.58. The van der Waals surface area contributed by atoms with Crippen molar-refractivity contribution in [2.24, 2.45) is 0 Å². The zero-order valence-electron chi connectivity index (χ0n) is 23.3. The van der Waals surface area contributed by atoms with Gasteiger partial charge in [-0.1, -0.05) is 12.0 Å². The van der Waals surface area contributed by atoms with Gasteiger partial charge in [0, 0.05) is 34.6 Å². The number of hydrogen-bond acceptors (Lipinski definition) is 6. The number of alkyl halides is 4. The lowest BCUT2D eigenvalue weighted by atomic mass is 9.96. The van der Waals surface area contributed by atoms with Gasteiger partial charge in [0.25, 0.3) is 0 Å². The summed E-state index contributed by atoms with van der Waals surface area (Å²) in [4.78, 5) is 2.14. The first-order chi connectivity index (χ1) is 19.3. The Labute approximate surface area is 239 Å². The lowest BCUT2D eigenvalue weighted by Gasteiger charge is -2.42. The monoisotopic (exact) mass is 593 g/mol. The number of likely N-dealkylation sites (tertiary alicyclic amines) is 1. The van der Waals surface area contributed by atoms with Crippen molar-refractivity contribution in [3.05, 3.63) is 48.2 Å². The van der Waals surface area contributed by atoms with E-state index in [4.69, 9.17) is 4.74 Å². The van der Waals surface area contributed by atoms with E-state index in [9.17, 15) is 21.9 Å². The highest BCUT2D eigenvalue weighted by atomic mass is 32.2. The molecule has 222 valence electrons. The molecule has 0 bridgehead atoms. The summed E-state index contributed by atoms with van der Waals surface area (Å²) in [6.07, 6.45) is -5.06. The van der Waals surface area contributed by atoms with Gasteiger partial charge in [0.1, 0.15) is 18.5 Å². The molecule has 1 aromatic heterocycles. The van der Waals surface area contributed by atoms with E-state index in [1.54, 1.807) is 24.3 Å². The number of anilines is 2. The maximum absolute atomic E-state index is 15.2. The van der Waals surface area contributed by atoms with Gasteiger partial charge in [0.2, 0.25) is 0 Å². The fraction of sp³-hybridized carbons (Fsp3) is 0.448. The number of fused-ring (bicyclic) bond motifs is 1. The van der Waals surface area contributed by atoms with Crippen molar-refractivity contribution in [3.63, 3.8) is 0 Å². The second kappa shape index (κ2) is 12.3. The molecule has 1 saturated heterocycles. The topological polar surface area (TPSA) is 81.6 Å². The zero-order chi connectivity index (χ0) is 29.9. The van der Waals surface area contributed by atoms with Gasteiger partial charge >= 0.3 is 6.18 Å². The normalized spacial score (nSPS) is 19.0. The van der Waals surface area contributed by atoms with Crippen LogP contribution in [0.5, 0.6) is 5.75 Å². The smallest absolute Gasteiger partial charge is 0.406 e. The molecule has 1 fully saturated rings. The lowest BCUT2D eigenvalue weighted by Crippen LogP contribution is -2.54. The van der Waals surface area contributed by atoms with E-state index in [1.807, 2.05) is 20.8 Å². The van der Waals surface area contributed by atoms with Crippen LogP contribution in [0.2, 0.25) is 0 Å². The Kier molecular flexibility index (Phi) is 9.21. The standard InChI is InChI=1S/C29H34F4N4O3S/c1-28(2,3)36-14-12-24(22(30)17-36)35-23-8-5-9-26-21(23)15-19(37(26)18-29(31,32)33)7-6-13-34-25-11-10-20(41(38)39)16-27(25)40-4/h5,8-11,15-16,22,24,34-35H,12-14,17-18H2,1-4H3,(H,38,39)/p-1/t22-,24+/m1/s1. The minimum Gasteiger partial charge on any atom is -0.768 e. The number of rotatable bonds is 7. The molecular formula is C29H33F4N4O3S-. The van der Waals surface area contributed by atoms with Crippen LogP contribution in [0.25, 0.3) is 10.9 Å². The number of benzene rings is 2. The Morgan fingerprint density at radius 2 is 1.90 bits per heavy atom. The van der Waals surface area contributed by atoms with Gasteiger partial charge < -0.3 is 24.5 Å². The van der Waals surface area contributed by atoms with Crippen LogP contribution in [0.15, 0.2) is 47.4 Å². The maximum Gasteiger partial charge on any atom is 0.406 e. The molecular weight excluding hydrogens is 560 g/mol. The minimum absolute atomic E-state index is 0.0541. The van der Waals surface area contributed by atoms with Crippen molar-refractivity contribution in [2.45, 2.75) is 62.6 Å². The van der Waals surface area contributed by atoms with Gasteiger partial charge in [0.15, 0.2) is 0 Å². The molecule has 1 aliphatic heterocycles. The maximum atomic E-state index is 15.2. The molecule has 0 amide bonds. The fourth-order valence-corrected chi connectivity index (χ4v) is 5.32. The molecule has 1 aliphatic rings. The van der Waals surface area contributed by atoms with E-state index in [0.29, 0.717) is 35.2 Å². The molecule has 41 heavy (non-hydrogen) atoms. The average molecular weight is 594 g/mol. The molecule has 2 heterocycles. The van der Waals surface area contributed by atoms with Crippen LogP contribution in [0, 0.1) is 11.8 Å². The summed E-state index contributed by atoms with van der Waals surface area (Å²) in [5.41, 5.74) is 1.39. The first-order valence-corrected chi connectivity index (χ1v) is 14.2. The second-order valence-electron chi connectivity index (χ2n) is 10.9. The highest BCUT2D eigenvalue weighted by molar-refractivity contribution is 7.79. The molecule has 0 radical (unpaired) electrons. The van der Waals surface area contributed by atoms with Crippen LogP contribution in [0.4, 0.5) is 28.9 Å². The third-order valence-electron chi connectivity index (χ3n) is 7.06. The predicted octanol–water partition coefficient (Wildman–Crippen LogP) is 5.54. The number of piperidine rings is 1. The van der Waals surface area contributed by atoms with Gasteiger partial charge in [-0.2, -0.15) is 13.2 Å². The van der Waals surface area contributed by atoms with Crippen molar-refractivity contribution < 1.29 is 31.1 Å². The van der Waals surface area contributed by atoms with E-state index in [-0.39, 0.29) is 35.0 Å². The van der Waals surface area contributed by atoms with Crippen LogP contribution < -0.4 is 15.4 Å². The van der Waals surface area contributed by atoms with Crippen molar-refractivity contribution in [2.75, 3.05) is 37.4 Å². The zero-order valence-corrected chi connectivity index (χ0v) is 24.1. The van der Waals surface area contributed by atoms with Crippen LogP contribution >= 0.6 is 0 Å². The molecule has 7 nitrogen and oxygen atoms in total. The van der Waals surface area contributed by atoms with Gasteiger partial charge in [-0.15, -0.1) is 0 Å². The van der Waals surface area contributed by atoms with E-state index in [0.717, 1.165) is 4.57 Å². The molecule has 3 atom stereocenters. The van der Waals surface area contributed by atoms with Gasteiger partial charge in [-0.25, -0.2) is 4.39 Å². The molecule has 3 aromatic rings. The van der Waals surface area contributed by atoms with E-state index in [2.05, 4.69) is 27.4 Å². The molecule has 0 aliphatic carbocycles. The molecule has 12 heteroatoms. The van der Waals surface area contributed by atoms with Gasteiger partial charge in [-0.3, -0.25) is 9.11 Å². The van der Waals surface area contributed by atoms with Crippen molar-refractivity contribution in [1.29, 1.82) is 0 Å². The molecule has 0 saturated carbocycles. The SMILES string of the molecule is COc1cc(S(=O)[O-])ccc1NCC#Cc1cc2c(N[C@H]3CCN(C(C)(C)C)C[C@H]3F)cccc2n1CC(F)(F)F. The number of methoxy groups -OCH3 is 1. The summed E-state index contributed by atoms with van der Waals surface area (Å²) in [5, 5.41) is 6.78. The Morgan fingerprint density at radius 1 is 1.15 bits per heavy atom. The molecule has 2 N–H and O–H groups in total. The highest BCUT2D eigenvalue weighted by Crippen LogP contribution is 2.32. The second-order valence-corrected chi connectivity index (χ2v) is 11.8. The quantitative estimate of drug-likeness (QED) is 0.213. The number of ether oxygens (including phenoxy) is 1. The summed E-state index contributed by atoms with van der Waals surface area (Å²) < 4.78 is 84.6. The number of hydrogen-bond donors (Lipinski definition) is 2.